The van der Waals surface area contributed by atoms with Gasteiger partial charge in [0.25, 0.3) is 0 Å². The summed E-state index contributed by atoms with van der Waals surface area (Å²) < 4.78 is 36.7. The summed E-state index contributed by atoms with van der Waals surface area (Å²) in [5.74, 6) is 0. The van der Waals surface area contributed by atoms with Gasteiger partial charge in [0.15, 0.2) is 0 Å². The van der Waals surface area contributed by atoms with Gasteiger partial charge in [-0.15, -0.1) is 0 Å². The Labute approximate surface area is 119 Å². The van der Waals surface area contributed by atoms with Crippen LogP contribution < -0.4 is 10.2 Å². The van der Waals surface area contributed by atoms with Crippen LogP contribution in [0.25, 0.3) is 0 Å². The highest BCUT2D eigenvalue weighted by Crippen LogP contribution is 2.27. The lowest BCUT2D eigenvalue weighted by Crippen LogP contribution is -2.22. The molecule has 0 aliphatic heterocycles. The Hall–Kier alpha value is -1.23. The van der Waals surface area contributed by atoms with Crippen molar-refractivity contribution < 1.29 is 13.2 Å². The number of hydrogen-bond acceptors (Lipinski definition) is 2. The van der Waals surface area contributed by atoms with Crippen LogP contribution in [0.4, 0.5) is 18.9 Å². The third-order valence-corrected chi connectivity index (χ3v) is 3.19. The molecule has 0 aliphatic rings. The van der Waals surface area contributed by atoms with E-state index in [-0.39, 0.29) is 12.5 Å². The van der Waals surface area contributed by atoms with Gasteiger partial charge in [-0.2, -0.15) is 13.2 Å². The van der Waals surface area contributed by atoms with Crippen molar-refractivity contribution in [1.82, 2.24) is 5.32 Å². The molecule has 2 nitrogen and oxygen atoms in total. The molecule has 1 aromatic carbocycles. The van der Waals surface area contributed by atoms with Crippen molar-refractivity contribution in [2.75, 3.05) is 25.5 Å². The van der Waals surface area contributed by atoms with Crippen LogP contribution in [0.15, 0.2) is 24.3 Å². The normalized spacial score (nSPS) is 13.3. The molecular formula is C15H23F3N2. The van der Waals surface area contributed by atoms with Gasteiger partial charge in [-0.05, 0) is 37.1 Å². The molecule has 0 fully saturated rings. The average molecular weight is 288 g/mol. The first-order valence-corrected chi connectivity index (χ1v) is 6.91. The number of anilines is 1. The van der Waals surface area contributed by atoms with Crippen LogP contribution in [0, 0.1) is 0 Å². The van der Waals surface area contributed by atoms with E-state index in [1.165, 1.54) is 0 Å². The fraction of sp³-hybridized carbons (Fsp3) is 0.600. The zero-order valence-corrected chi connectivity index (χ0v) is 12.3. The van der Waals surface area contributed by atoms with E-state index < -0.39 is 12.6 Å². The topological polar surface area (TPSA) is 15.3 Å². The first kappa shape index (κ1) is 16.8. The molecule has 0 bridgehead atoms. The SMILES string of the molecule is CCNC(CCCC(F)(F)F)c1cccc(N(C)C)c1. The van der Waals surface area contributed by atoms with E-state index in [1.54, 1.807) is 0 Å². The molecule has 1 rings (SSSR count). The molecule has 0 saturated carbocycles. The molecule has 1 aromatic rings. The summed E-state index contributed by atoms with van der Waals surface area (Å²) in [7, 11) is 3.90. The molecule has 0 radical (unpaired) electrons. The maximum atomic E-state index is 12.2. The lowest BCUT2D eigenvalue weighted by atomic mass is 10.00. The molecule has 5 heteroatoms. The van der Waals surface area contributed by atoms with Gasteiger partial charge >= 0.3 is 6.18 Å². The highest BCUT2D eigenvalue weighted by molar-refractivity contribution is 5.47. The van der Waals surface area contributed by atoms with Crippen molar-refractivity contribution in [3.8, 4) is 0 Å². The highest BCUT2D eigenvalue weighted by atomic mass is 19.4. The van der Waals surface area contributed by atoms with Crippen LogP contribution in [-0.2, 0) is 0 Å². The summed E-state index contributed by atoms with van der Waals surface area (Å²) in [4.78, 5) is 1.99. The third-order valence-electron chi connectivity index (χ3n) is 3.19. The zero-order valence-electron chi connectivity index (χ0n) is 12.3. The summed E-state index contributed by atoms with van der Waals surface area (Å²) in [6.45, 7) is 2.70. The summed E-state index contributed by atoms with van der Waals surface area (Å²) in [6.07, 6.45) is -4.15. The molecule has 0 aromatic heterocycles. The van der Waals surface area contributed by atoms with Gasteiger partial charge in [-0.1, -0.05) is 19.1 Å². The van der Waals surface area contributed by atoms with Crippen LogP contribution >= 0.6 is 0 Å². The molecule has 1 atom stereocenters. The average Bonchev–Trinajstić information content (AvgIpc) is 2.36. The van der Waals surface area contributed by atoms with E-state index in [0.717, 1.165) is 17.8 Å². The zero-order chi connectivity index (χ0) is 15.2. The minimum Gasteiger partial charge on any atom is -0.378 e. The molecular weight excluding hydrogens is 265 g/mol. The largest absolute Gasteiger partial charge is 0.389 e. The van der Waals surface area contributed by atoms with E-state index in [9.17, 15) is 13.2 Å². The number of halogens is 3. The Bertz CT molecular complexity index is 402. The van der Waals surface area contributed by atoms with Crippen molar-refractivity contribution in [2.45, 2.75) is 38.4 Å². The number of rotatable bonds is 7. The van der Waals surface area contributed by atoms with Gasteiger partial charge in [-0.3, -0.25) is 0 Å². The summed E-state index contributed by atoms with van der Waals surface area (Å²) in [5, 5.41) is 3.27. The summed E-state index contributed by atoms with van der Waals surface area (Å²) in [5.41, 5.74) is 2.10. The second-order valence-corrected chi connectivity index (χ2v) is 5.11. The summed E-state index contributed by atoms with van der Waals surface area (Å²) in [6, 6.07) is 7.90. The van der Waals surface area contributed by atoms with Gasteiger partial charge in [0.2, 0.25) is 0 Å². The standard InChI is InChI=1S/C15H23F3N2/c1-4-19-14(9-6-10-15(16,17)18)12-7-5-8-13(11-12)20(2)3/h5,7-8,11,14,19H,4,6,9-10H2,1-3H3. The Kier molecular flexibility index (Phi) is 6.33. The number of alkyl halides is 3. The van der Waals surface area contributed by atoms with Crippen molar-refractivity contribution >= 4 is 5.69 Å². The smallest absolute Gasteiger partial charge is 0.378 e. The van der Waals surface area contributed by atoms with E-state index in [1.807, 2.05) is 50.2 Å². The van der Waals surface area contributed by atoms with Gasteiger partial charge in [-0.25, -0.2) is 0 Å². The van der Waals surface area contributed by atoms with Crippen LogP contribution in [0.3, 0.4) is 0 Å². The lowest BCUT2D eigenvalue weighted by Gasteiger charge is -2.21. The lowest BCUT2D eigenvalue weighted by molar-refractivity contribution is -0.135. The van der Waals surface area contributed by atoms with Crippen LogP contribution in [0.2, 0.25) is 0 Å². The quantitative estimate of drug-likeness (QED) is 0.811. The first-order chi connectivity index (χ1) is 9.33. The molecule has 0 spiro atoms. The van der Waals surface area contributed by atoms with Crippen molar-refractivity contribution in [3.63, 3.8) is 0 Å². The highest BCUT2D eigenvalue weighted by Gasteiger charge is 2.26. The van der Waals surface area contributed by atoms with Gasteiger partial charge < -0.3 is 10.2 Å². The first-order valence-electron chi connectivity index (χ1n) is 6.91. The minimum absolute atomic E-state index is 0.0257. The molecule has 20 heavy (non-hydrogen) atoms. The fourth-order valence-electron chi connectivity index (χ4n) is 2.16. The molecule has 0 saturated heterocycles. The predicted molar refractivity (Wildman–Crippen MR) is 77.1 cm³/mol. The Morgan fingerprint density at radius 2 is 1.95 bits per heavy atom. The number of nitrogens with one attached hydrogen (secondary N) is 1. The second kappa shape index (κ2) is 7.53. The number of benzene rings is 1. The molecule has 1 unspecified atom stereocenters. The minimum atomic E-state index is -4.07. The van der Waals surface area contributed by atoms with E-state index in [2.05, 4.69) is 5.32 Å². The second-order valence-electron chi connectivity index (χ2n) is 5.11. The van der Waals surface area contributed by atoms with Crippen molar-refractivity contribution in [1.29, 1.82) is 0 Å². The van der Waals surface area contributed by atoms with E-state index in [0.29, 0.717) is 6.42 Å². The van der Waals surface area contributed by atoms with Crippen LogP contribution in [0.1, 0.15) is 37.8 Å². The monoisotopic (exact) mass is 288 g/mol. The van der Waals surface area contributed by atoms with Gasteiger partial charge in [0, 0.05) is 32.2 Å². The molecule has 1 N–H and O–H groups in total. The van der Waals surface area contributed by atoms with Crippen LogP contribution in [-0.4, -0.2) is 26.8 Å². The summed E-state index contributed by atoms with van der Waals surface area (Å²) >= 11 is 0. The fourth-order valence-corrected chi connectivity index (χ4v) is 2.16. The number of nitrogens with zero attached hydrogens (tertiary/aromatic N) is 1. The Balaban J connectivity index is 2.72. The maximum Gasteiger partial charge on any atom is 0.389 e. The number of hydrogen-bond donors (Lipinski definition) is 1. The predicted octanol–water partition coefficient (Wildman–Crippen LogP) is 4.14. The molecule has 0 aliphatic carbocycles. The van der Waals surface area contributed by atoms with E-state index >= 15 is 0 Å². The van der Waals surface area contributed by atoms with Crippen molar-refractivity contribution in [2.24, 2.45) is 0 Å². The molecule has 0 heterocycles. The third kappa shape index (κ3) is 5.82. The van der Waals surface area contributed by atoms with Crippen LogP contribution in [0.5, 0.6) is 0 Å². The van der Waals surface area contributed by atoms with E-state index in [4.69, 9.17) is 0 Å². The van der Waals surface area contributed by atoms with Crippen molar-refractivity contribution in [3.05, 3.63) is 29.8 Å². The maximum absolute atomic E-state index is 12.2. The Morgan fingerprint density at radius 1 is 1.25 bits per heavy atom. The Morgan fingerprint density at radius 3 is 2.50 bits per heavy atom. The van der Waals surface area contributed by atoms with Gasteiger partial charge in [0.1, 0.15) is 0 Å². The molecule has 0 amide bonds. The molecule has 114 valence electrons. The van der Waals surface area contributed by atoms with Gasteiger partial charge in [0.05, 0.1) is 0 Å².